The van der Waals surface area contributed by atoms with Crippen LogP contribution in [-0.4, -0.2) is 82.1 Å². The number of para-hydroxylation sites is 1. The normalized spacial score (nSPS) is 30.3. The zero-order valence-electron chi connectivity index (χ0n) is 31.6. The molecule has 52 heavy (non-hydrogen) atoms. The summed E-state index contributed by atoms with van der Waals surface area (Å²) >= 11 is 0. The van der Waals surface area contributed by atoms with Gasteiger partial charge in [-0.25, -0.2) is 0 Å². The number of hydrogen-bond acceptors (Lipinski definition) is 7. The van der Waals surface area contributed by atoms with E-state index in [9.17, 15) is 14.7 Å². The molecule has 0 amide bonds. The monoisotopic (exact) mass is 704 g/mol. The fourth-order valence-electron chi connectivity index (χ4n) is 12.1. The van der Waals surface area contributed by atoms with Gasteiger partial charge in [0.25, 0.3) is 0 Å². The molecule has 9 atom stereocenters. The number of piperidine rings is 2. The van der Waals surface area contributed by atoms with Crippen LogP contribution in [0.4, 0.5) is 0 Å². The van der Waals surface area contributed by atoms with Crippen LogP contribution >= 0.6 is 0 Å². The van der Waals surface area contributed by atoms with Crippen LogP contribution in [0.25, 0.3) is 21.8 Å². The lowest BCUT2D eigenvalue weighted by atomic mass is 9.64. The number of Topliss-reactive ketones (excluding diaryl/α,β-unsaturated/α-hetero) is 2. The molecular weight excluding hydrogens is 652 g/mol. The van der Waals surface area contributed by atoms with E-state index in [0.29, 0.717) is 13.0 Å². The topological polar surface area (TPSA) is 89.2 Å². The van der Waals surface area contributed by atoms with Crippen LogP contribution in [0.3, 0.4) is 0 Å². The molecule has 2 saturated heterocycles. The van der Waals surface area contributed by atoms with Gasteiger partial charge in [0, 0.05) is 94.9 Å². The van der Waals surface area contributed by atoms with Crippen molar-refractivity contribution in [3.8, 4) is 5.75 Å². The molecule has 274 valence electrons. The smallest absolute Gasteiger partial charge is 0.159 e. The first-order valence-electron chi connectivity index (χ1n) is 19.2. The third-order valence-electron chi connectivity index (χ3n) is 14.6. The maximum atomic E-state index is 14.0. The Morgan fingerprint density at radius 1 is 0.904 bits per heavy atom. The first-order valence-corrected chi connectivity index (χ1v) is 19.2. The first kappa shape index (κ1) is 33.9. The van der Waals surface area contributed by atoms with E-state index in [1.807, 2.05) is 0 Å². The van der Waals surface area contributed by atoms with E-state index in [2.05, 4.69) is 83.5 Å². The van der Waals surface area contributed by atoms with Crippen LogP contribution in [0.1, 0.15) is 66.9 Å². The second-order valence-electron chi connectivity index (χ2n) is 16.5. The summed E-state index contributed by atoms with van der Waals surface area (Å²) < 4.78 is 16.8. The van der Waals surface area contributed by atoms with E-state index in [0.717, 1.165) is 48.1 Å². The number of allylic oxidation sites excluding steroid dienone is 1. The Bertz CT molecular complexity index is 2160. The number of rotatable bonds is 7. The lowest BCUT2D eigenvalue weighted by Crippen LogP contribution is -2.56. The van der Waals surface area contributed by atoms with Gasteiger partial charge < -0.3 is 23.7 Å². The number of nitrogens with zero attached hydrogens (tertiary/aromatic N) is 4. The summed E-state index contributed by atoms with van der Waals surface area (Å²) in [5.41, 5.74) is 9.73. The van der Waals surface area contributed by atoms with E-state index < -0.39 is 0 Å². The largest absolute Gasteiger partial charge is 0.500 e. The minimum Gasteiger partial charge on any atom is -0.500 e. The molecule has 0 spiro atoms. The number of likely N-dealkylation sites (N-methyl/N-ethyl adjacent to an activating group) is 2. The van der Waals surface area contributed by atoms with Crippen molar-refractivity contribution in [3.05, 3.63) is 76.3 Å². The molecule has 9 heteroatoms. The highest BCUT2D eigenvalue weighted by Gasteiger charge is 2.52. The van der Waals surface area contributed by atoms with Crippen molar-refractivity contribution in [1.29, 1.82) is 0 Å². The average Bonchev–Trinajstić information content (AvgIpc) is 3.57. The van der Waals surface area contributed by atoms with Gasteiger partial charge in [0.05, 0.1) is 32.1 Å². The molecule has 5 aliphatic heterocycles. The van der Waals surface area contributed by atoms with Crippen LogP contribution in [0, 0.1) is 29.6 Å². The number of methoxy groups -OCH3 is 1. The minimum absolute atomic E-state index is 0.0156. The van der Waals surface area contributed by atoms with Crippen LogP contribution < -0.4 is 4.74 Å². The highest BCUT2D eigenvalue weighted by atomic mass is 16.5. The van der Waals surface area contributed by atoms with Gasteiger partial charge in [0.2, 0.25) is 0 Å². The predicted molar refractivity (Wildman–Crippen MR) is 201 cm³/mol. The third-order valence-corrected chi connectivity index (χ3v) is 14.6. The lowest BCUT2D eigenvalue weighted by molar-refractivity contribution is -0.126. The van der Waals surface area contributed by atoms with Crippen LogP contribution in [-0.2, 0) is 47.7 Å². The quantitative estimate of drug-likeness (QED) is 0.265. The average molecular weight is 705 g/mol. The zero-order valence-corrected chi connectivity index (χ0v) is 31.6. The highest BCUT2D eigenvalue weighted by Crippen LogP contribution is 2.54. The summed E-state index contributed by atoms with van der Waals surface area (Å²) in [5.74, 6) is 1.23. The van der Waals surface area contributed by atoms with Crippen molar-refractivity contribution < 1.29 is 24.2 Å². The molecular formula is C43H52N4O5. The van der Waals surface area contributed by atoms with Crippen LogP contribution in [0.15, 0.2) is 48.2 Å². The molecule has 0 radical (unpaired) electrons. The molecule has 4 aromatic rings. The molecule has 4 bridgehead atoms. The van der Waals surface area contributed by atoms with Gasteiger partial charge >= 0.3 is 0 Å². The fourth-order valence-corrected chi connectivity index (χ4v) is 12.1. The van der Waals surface area contributed by atoms with Crippen molar-refractivity contribution in [2.45, 2.75) is 70.1 Å². The van der Waals surface area contributed by atoms with E-state index in [1.54, 1.807) is 27.2 Å². The molecule has 0 saturated carbocycles. The van der Waals surface area contributed by atoms with Crippen LogP contribution in [0.5, 0.6) is 5.75 Å². The molecule has 9 nitrogen and oxygen atoms in total. The summed E-state index contributed by atoms with van der Waals surface area (Å²) in [7, 11) is 10.5. The number of hydrogen-bond donors (Lipinski definition) is 1. The number of ether oxygens (including phenoxy) is 2. The Hall–Kier alpha value is -3.92. The maximum Gasteiger partial charge on any atom is 0.159 e. The van der Waals surface area contributed by atoms with E-state index in [4.69, 9.17) is 9.47 Å². The van der Waals surface area contributed by atoms with E-state index in [-0.39, 0.29) is 71.9 Å². The zero-order chi connectivity index (χ0) is 36.3. The van der Waals surface area contributed by atoms with Gasteiger partial charge in [-0.1, -0.05) is 18.2 Å². The molecule has 1 N–H and O–H groups in total. The Morgan fingerprint density at radius 3 is 2.33 bits per heavy atom. The first-order chi connectivity index (χ1) is 25.0. The standard InChI is InChI=1S/C43H52N4O5/c1-22(49)25(26-15-38-42-28(17-36(44(38)3)31(26)19-48)24-10-8-9-11-34(24)46(42)5)14-29-40(51-7)13-12-35-41(29)30-18-37-33-21-52-20-32(23(2)50)27(33)16-39(45(37)4)43(30)47(35)6/h8-13,20,25-27,31,33,36-39,48H,14-19,21H2,1-7H3/t25-,26+,27+,31-,33-,36+,37+,38+,39+/m1/s1. The number of benzene rings is 2. The van der Waals surface area contributed by atoms with E-state index in [1.165, 1.54) is 38.8 Å². The Labute approximate surface area is 306 Å². The molecule has 9 rings (SSSR count). The molecule has 2 fully saturated rings. The summed E-state index contributed by atoms with van der Waals surface area (Å²) in [4.78, 5) is 31.8. The maximum absolute atomic E-state index is 14.0. The van der Waals surface area contributed by atoms with Gasteiger partial charge in [0.15, 0.2) is 5.78 Å². The number of carbonyl (C=O) groups excluding carboxylic acids is 2. The van der Waals surface area contributed by atoms with Crippen molar-refractivity contribution in [1.82, 2.24) is 18.9 Å². The van der Waals surface area contributed by atoms with Gasteiger partial charge in [-0.05, 0) is 101 Å². The Balaban J connectivity index is 1.14. The number of aliphatic hydroxyl groups excluding tert-OH is 1. The van der Waals surface area contributed by atoms with Gasteiger partial charge in [-0.3, -0.25) is 19.4 Å². The molecule has 2 aromatic heterocycles. The number of aryl methyl sites for hydroxylation is 2. The highest BCUT2D eigenvalue weighted by molar-refractivity contribution is 5.94. The fraction of sp³-hybridized carbons (Fsp3) is 0.535. The van der Waals surface area contributed by atoms with Gasteiger partial charge in [-0.15, -0.1) is 0 Å². The SMILES string of the molecule is COc1ccc2c(c1C[C@H](C(C)=O)[C@@H]1C[C@H]3c4c(c5ccccc5n4C)C[C@@H]([C@@H]1CO)N3C)c1c(n2C)[C@@H]2C[C@H]3C(C(C)=O)=COC[C@H]3[C@H](C1)N2C. The second-order valence-corrected chi connectivity index (χ2v) is 16.5. The van der Waals surface area contributed by atoms with Crippen molar-refractivity contribution in [3.63, 3.8) is 0 Å². The summed E-state index contributed by atoms with van der Waals surface area (Å²) in [6, 6.07) is 13.6. The number of aliphatic hydroxyl groups is 1. The Kier molecular flexibility index (Phi) is 8.03. The van der Waals surface area contributed by atoms with Crippen molar-refractivity contribution >= 4 is 33.4 Å². The van der Waals surface area contributed by atoms with Crippen molar-refractivity contribution in [2.24, 2.45) is 43.7 Å². The lowest BCUT2D eigenvalue weighted by Gasteiger charge is -2.53. The molecule has 5 aliphatic rings. The number of aromatic nitrogens is 2. The van der Waals surface area contributed by atoms with Crippen LogP contribution in [0.2, 0.25) is 0 Å². The molecule has 7 heterocycles. The van der Waals surface area contributed by atoms with E-state index >= 15 is 0 Å². The third kappa shape index (κ3) is 4.64. The summed E-state index contributed by atoms with van der Waals surface area (Å²) in [6.45, 7) is 4.09. The van der Waals surface area contributed by atoms with Gasteiger partial charge in [-0.2, -0.15) is 0 Å². The summed E-state index contributed by atoms with van der Waals surface area (Å²) in [5, 5.41) is 13.7. The van der Waals surface area contributed by atoms with Crippen molar-refractivity contribution in [2.75, 3.05) is 34.4 Å². The molecule has 2 aromatic carbocycles. The van der Waals surface area contributed by atoms with Gasteiger partial charge in [0.1, 0.15) is 11.5 Å². The number of ketones is 2. The predicted octanol–water partition coefficient (Wildman–Crippen LogP) is 5.69. The number of carbonyl (C=O) groups is 2. The molecule has 0 aliphatic carbocycles. The number of fused-ring (bicyclic) bond motifs is 14. The summed E-state index contributed by atoms with van der Waals surface area (Å²) in [6.07, 6.45) is 5.69. The molecule has 0 unspecified atom stereocenters. The Morgan fingerprint density at radius 2 is 1.60 bits per heavy atom. The minimum atomic E-state index is -0.271. The second kappa shape index (κ2) is 12.3.